The maximum absolute atomic E-state index is 12.0. The van der Waals surface area contributed by atoms with Crippen LogP contribution < -0.4 is 14.4 Å². The first-order valence-electron chi connectivity index (χ1n) is 7.17. The number of carbonyl (C=O) groups excluding carboxylic acids is 1. The summed E-state index contributed by atoms with van der Waals surface area (Å²) in [5.41, 5.74) is 2.62. The van der Waals surface area contributed by atoms with E-state index in [1.54, 1.807) is 6.07 Å². The third kappa shape index (κ3) is 2.20. The van der Waals surface area contributed by atoms with Gasteiger partial charge in [-0.15, -0.1) is 0 Å². The fraction of sp³-hybridized carbons (Fsp3) is 0.235. The van der Waals surface area contributed by atoms with Crippen LogP contribution >= 0.6 is 11.6 Å². The Morgan fingerprint density at radius 3 is 2.68 bits per heavy atom. The number of ether oxygens (including phenoxy) is 2. The molecule has 2 aromatic rings. The molecule has 0 saturated carbocycles. The molecule has 0 amide bonds. The predicted molar refractivity (Wildman–Crippen MR) is 84.0 cm³/mol. The zero-order valence-electron chi connectivity index (χ0n) is 11.8. The largest absolute Gasteiger partial charge is 0.492 e. The van der Waals surface area contributed by atoms with Crippen molar-refractivity contribution in [3.05, 3.63) is 52.5 Å². The molecular weight excluding hydrogens is 302 g/mol. The van der Waals surface area contributed by atoms with Crippen LogP contribution in [0.3, 0.4) is 0 Å². The maximum Gasteiger partial charge on any atom is 0.170 e. The Balaban J connectivity index is 1.71. The molecule has 0 aliphatic carbocycles. The summed E-state index contributed by atoms with van der Waals surface area (Å²) in [6.07, 6.45) is 0.438. The van der Waals surface area contributed by atoms with Crippen molar-refractivity contribution in [3.8, 4) is 11.5 Å². The van der Waals surface area contributed by atoms with Gasteiger partial charge in [-0.2, -0.15) is 0 Å². The summed E-state index contributed by atoms with van der Waals surface area (Å²) in [5.74, 6) is 1.60. The standard InChI is InChI=1S/C17H14ClNO3/c18-11-1-3-12(4-2-11)19-9-14-16(22-10-19)6-5-13-15(20)7-8-21-17(13)14/h1-6H,7-10H2. The monoisotopic (exact) mass is 315 g/mol. The normalized spacial score (nSPS) is 16.4. The molecular formula is C17H14ClNO3. The van der Waals surface area contributed by atoms with E-state index in [4.69, 9.17) is 21.1 Å². The Hall–Kier alpha value is -2.20. The quantitative estimate of drug-likeness (QED) is 0.805. The number of benzene rings is 2. The van der Waals surface area contributed by atoms with Crippen molar-refractivity contribution >= 4 is 23.1 Å². The number of hydrogen-bond acceptors (Lipinski definition) is 4. The first-order valence-corrected chi connectivity index (χ1v) is 7.55. The molecule has 2 aromatic carbocycles. The SMILES string of the molecule is O=C1CCOc2c1ccc1c2CN(c2ccc(Cl)cc2)CO1. The molecule has 5 heteroatoms. The van der Waals surface area contributed by atoms with Crippen LogP contribution in [0.25, 0.3) is 0 Å². The lowest BCUT2D eigenvalue weighted by molar-refractivity contribution is 0.0931. The number of ketones is 1. The third-order valence-corrected chi connectivity index (χ3v) is 4.26. The Kier molecular flexibility index (Phi) is 3.19. The number of halogens is 1. The maximum atomic E-state index is 12.0. The van der Waals surface area contributed by atoms with Crippen LogP contribution in [0.2, 0.25) is 5.02 Å². The molecule has 0 N–H and O–H groups in total. The Labute approximate surface area is 133 Å². The minimum Gasteiger partial charge on any atom is -0.492 e. The van der Waals surface area contributed by atoms with Crippen molar-refractivity contribution in [2.45, 2.75) is 13.0 Å². The highest BCUT2D eigenvalue weighted by Gasteiger charge is 2.28. The second kappa shape index (κ2) is 5.21. The Bertz CT molecular complexity index is 742. The van der Waals surface area contributed by atoms with Crippen molar-refractivity contribution in [1.82, 2.24) is 0 Å². The summed E-state index contributed by atoms with van der Waals surface area (Å²) in [6.45, 7) is 1.54. The van der Waals surface area contributed by atoms with E-state index >= 15 is 0 Å². The zero-order chi connectivity index (χ0) is 15.1. The number of hydrogen-bond donors (Lipinski definition) is 0. The summed E-state index contributed by atoms with van der Waals surface area (Å²) in [5, 5.41) is 0.702. The number of anilines is 1. The number of carbonyl (C=O) groups is 1. The molecule has 0 spiro atoms. The molecule has 2 aliphatic heterocycles. The average molecular weight is 316 g/mol. The van der Waals surface area contributed by atoms with Gasteiger partial charge in [-0.05, 0) is 36.4 Å². The molecule has 4 rings (SSSR count). The van der Waals surface area contributed by atoms with Crippen LogP contribution in [0, 0.1) is 0 Å². The van der Waals surface area contributed by atoms with Gasteiger partial charge in [0.15, 0.2) is 12.5 Å². The lowest BCUT2D eigenvalue weighted by Crippen LogP contribution is -2.33. The van der Waals surface area contributed by atoms with E-state index in [0.717, 1.165) is 17.0 Å². The van der Waals surface area contributed by atoms with Crippen LogP contribution in [-0.4, -0.2) is 19.1 Å². The third-order valence-electron chi connectivity index (χ3n) is 4.01. The first kappa shape index (κ1) is 13.5. The lowest BCUT2D eigenvalue weighted by atomic mass is 9.99. The van der Waals surface area contributed by atoms with E-state index in [2.05, 4.69) is 4.90 Å². The van der Waals surface area contributed by atoms with E-state index in [9.17, 15) is 4.79 Å². The van der Waals surface area contributed by atoms with Crippen molar-refractivity contribution in [2.75, 3.05) is 18.2 Å². The Morgan fingerprint density at radius 1 is 1.05 bits per heavy atom. The highest BCUT2D eigenvalue weighted by Crippen LogP contribution is 2.39. The molecule has 2 heterocycles. The van der Waals surface area contributed by atoms with Gasteiger partial charge in [0.1, 0.15) is 11.5 Å². The van der Waals surface area contributed by atoms with Gasteiger partial charge in [0.25, 0.3) is 0 Å². The number of fused-ring (bicyclic) bond motifs is 3. The molecule has 2 aliphatic rings. The Morgan fingerprint density at radius 2 is 1.86 bits per heavy atom. The predicted octanol–water partition coefficient (Wildman–Crippen LogP) is 3.66. The summed E-state index contributed by atoms with van der Waals surface area (Å²) in [4.78, 5) is 14.1. The van der Waals surface area contributed by atoms with Gasteiger partial charge in [0.05, 0.1) is 24.3 Å². The average Bonchev–Trinajstić information content (AvgIpc) is 2.55. The first-order chi connectivity index (χ1) is 10.7. The number of rotatable bonds is 1. The minimum atomic E-state index is 0.132. The topological polar surface area (TPSA) is 38.8 Å². The lowest BCUT2D eigenvalue weighted by Gasteiger charge is -2.33. The fourth-order valence-corrected chi connectivity index (χ4v) is 2.99. The van der Waals surface area contributed by atoms with E-state index in [0.29, 0.717) is 42.6 Å². The van der Waals surface area contributed by atoms with E-state index < -0.39 is 0 Å². The molecule has 0 fully saturated rings. The molecule has 4 nitrogen and oxygen atoms in total. The van der Waals surface area contributed by atoms with Crippen LogP contribution in [0.5, 0.6) is 11.5 Å². The molecule has 0 radical (unpaired) electrons. The molecule has 0 saturated heterocycles. The van der Waals surface area contributed by atoms with Crippen LogP contribution in [-0.2, 0) is 6.54 Å². The summed E-state index contributed by atoms with van der Waals surface area (Å²) in [7, 11) is 0. The molecule has 0 bridgehead atoms. The van der Waals surface area contributed by atoms with E-state index in [1.807, 2.05) is 30.3 Å². The summed E-state index contributed by atoms with van der Waals surface area (Å²) in [6, 6.07) is 11.3. The second-order valence-corrected chi connectivity index (χ2v) is 5.82. The van der Waals surface area contributed by atoms with Gasteiger partial charge in [0.2, 0.25) is 0 Å². The number of nitrogens with zero attached hydrogens (tertiary/aromatic N) is 1. The molecule has 112 valence electrons. The van der Waals surface area contributed by atoms with Crippen LogP contribution in [0.4, 0.5) is 5.69 Å². The molecule has 0 aromatic heterocycles. The highest BCUT2D eigenvalue weighted by atomic mass is 35.5. The van der Waals surface area contributed by atoms with Crippen molar-refractivity contribution < 1.29 is 14.3 Å². The van der Waals surface area contributed by atoms with Crippen molar-refractivity contribution in [3.63, 3.8) is 0 Å². The minimum absolute atomic E-state index is 0.132. The van der Waals surface area contributed by atoms with Gasteiger partial charge in [-0.3, -0.25) is 4.79 Å². The summed E-state index contributed by atoms with van der Waals surface area (Å²) >= 11 is 5.94. The van der Waals surface area contributed by atoms with Crippen molar-refractivity contribution in [1.29, 1.82) is 0 Å². The second-order valence-electron chi connectivity index (χ2n) is 5.39. The highest BCUT2D eigenvalue weighted by molar-refractivity contribution is 6.30. The molecule has 0 atom stereocenters. The van der Waals surface area contributed by atoms with Gasteiger partial charge in [-0.1, -0.05) is 11.6 Å². The zero-order valence-corrected chi connectivity index (χ0v) is 12.6. The molecule has 22 heavy (non-hydrogen) atoms. The van der Waals surface area contributed by atoms with Gasteiger partial charge in [-0.25, -0.2) is 0 Å². The molecule has 0 unspecified atom stereocenters. The summed E-state index contributed by atoms with van der Waals surface area (Å²) < 4.78 is 11.6. The van der Waals surface area contributed by atoms with Crippen LogP contribution in [0.15, 0.2) is 36.4 Å². The van der Waals surface area contributed by atoms with Crippen molar-refractivity contribution in [2.24, 2.45) is 0 Å². The van der Waals surface area contributed by atoms with Gasteiger partial charge >= 0.3 is 0 Å². The van der Waals surface area contributed by atoms with Gasteiger partial charge < -0.3 is 14.4 Å². The smallest absolute Gasteiger partial charge is 0.170 e. The number of Topliss-reactive ketones (excluding diaryl/α,β-unsaturated/α-hetero) is 1. The van der Waals surface area contributed by atoms with E-state index in [-0.39, 0.29) is 5.78 Å². The van der Waals surface area contributed by atoms with Gasteiger partial charge in [0, 0.05) is 17.1 Å². The van der Waals surface area contributed by atoms with E-state index in [1.165, 1.54) is 0 Å². The van der Waals surface area contributed by atoms with Crippen LogP contribution in [0.1, 0.15) is 22.3 Å². The fourth-order valence-electron chi connectivity index (χ4n) is 2.86.